The smallest absolute Gasteiger partial charge is 0.234 e. The molecule has 0 heterocycles. The number of carbonyl (C=O) groups is 1. The van der Waals surface area contributed by atoms with Crippen molar-refractivity contribution in [1.29, 1.82) is 0 Å². The van der Waals surface area contributed by atoms with Gasteiger partial charge in [-0.3, -0.25) is 4.79 Å². The van der Waals surface area contributed by atoms with Crippen LogP contribution in [0, 0.1) is 13.8 Å². The monoisotopic (exact) mass is 286 g/mol. The van der Waals surface area contributed by atoms with Crippen LogP contribution in [0.1, 0.15) is 11.1 Å². The largest absolute Gasteiger partial charge is 0.399 e. The van der Waals surface area contributed by atoms with Crippen LogP contribution in [0.5, 0.6) is 0 Å². The molecular formula is C16H18N2OS. The lowest BCUT2D eigenvalue weighted by atomic mass is 10.1. The zero-order chi connectivity index (χ0) is 14.5. The second-order valence-corrected chi connectivity index (χ2v) is 5.77. The summed E-state index contributed by atoms with van der Waals surface area (Å²) >= 11 is 1.50. The number of thioether (sulfide) groups is 1. The first-order valence-electron chi connectivity index (χ1n) is 6.40. The van der Waals surface area contributed by atoms with Gasteiger partial charge in [0.25, 0.3) is 0 Å². The highest BCUT2D eigenvalue weighted by Gasteiger charge is 2.05. The van der Waals surface area contributed by atoms with E-state index in [4.69, 9.17) is 5.73 Å². The fourth-order valence-corrected chi connectivity index (χ4v) is 2.55. The van der Waals surface area contributed by atoms with Crippen LogP contribution in [0.15, 0.2) is 47.4 Å². The van der Waals surface area contributed by atoms with E-state index in [1.165, 1.54) is 17.3 Å². The maximum atomic E-state index is 11.9. The van der Waals surface area contributed by atoms with Crippen molar-refractivity contribution in [3.8, 4) is 0 Å². The summed E-state index contributed by atoms with van der Waals surface area (Å²) in [6, 6.07) is 13.5. The molecule has 0 aromatic heterocycles. The Morgan fingerprint density at radius 2 is 1.85 bits per heavy atom. The molecule has 0 fully saturated rings. The number of nitrogen functional groups attached to an aromatic ring is 1. The number of anilines is 2. The number of amides is 1. The number of hydrogen-bond acceptors (Lipinski definition) is 3. The van der Waals surface area contributed by atoms with Crippen molar-refractivity contribution >= 4 is 29.0 Å². The van der Waals surface area contributed by atoms with Gasteiger partial charge in [-0.2, -0.15) is 0 Å². The summed E-state index contributed by atoms with van der Waals surface area (Å²) in [4.78, 5) is 13.0. The third-order valence-electron chi connectivity index (χ3n) is 2.91. The van der Waals surface area contributed by atoms with E-state index < -0.39 is 0 Å². The van der Waals surface area contributed by atoms with Crippen LogP contribution < -0.4 is 11.1 Å². The molecule has 0 bridgehead atoms. The number of nitrogens with one attached hydrogen (secondary N) is 1. The lowest BCUT2D eigenvalue weighted by molar-refractivity contribution is -0.113. The Morgan fingerprint density at radius 1 is 1.15 bits per heavy atom. The van der Waals surface area contributed by atoms with Crippen molar-refractivity contribution in [3.05, 3.63) is 53.6 Å². The van der Waals surface area contributed by atoms with Gasteiger partial charge < -0.3 is 11.1 Å². The summed E-state index contributed by atoms with van der Waals surface area (Å²) in [5.74, 6) is 0.385. The molecule has 104 valence electrons. The first-order chi connectivity index (χ1) is 9.54. The highest BCUT2D eigenvalue weighted by molar-refractivity contribution is 8.00. The third kappa shape index (κ3) is 4.03. The van der Waals surface area contributed by atoms with Crippen molar-refractivity contribution < 1.29 is 4.79 Å². The maximum absolute atomic E-state index is 11.9. The van der Waals surface area contributed by atoms with Crippen LogP contribution >= 0.6 is 11.8 Å². The molecule has 0 radical (unpaired) electrons. The highest BCUT2D eigenvalue weighted by atomic mass is 32.2. The fourth-order valence-electron chi connectivity index (χ4n) is 1.85. The average molecular weight is 286 g/mol. The first kappa shape index (κ1) is 14.5. The van der Waals surface area contributed by atoms with Gasteiger partial charge in [-0.25, -0.2) is 0 Å². The molecule has 0 aliphatic carbocycles. The van der Waals surface area contributed by atoms with E-state index in [9.17, 15) is 4.79 Å². The minimum absolute atomic E-state index is 0.00113. The number of aryl methyl sites for hydroxylation is 2. The van der Waals surface area contributed by atoms with Gasteiger partial charge in [0.1, 0.15) is 0 Å². The zero-order valence-corrected chi connectivity index (χ0v) is 12.5. The van der Waals surface area contributed by atoms with Gasteiger partial charge in [0, 0.05) is 16.3 Å². The maximum Gasteiger partial charge on any atom is 0.234 e. The number of rotatable bonds is 4. The Morgan fingerprint density at radius 3 is 2.50 bits per heavy atom. The zero-order valence-electron chi connectivity index (χ0n) is 11.6. The summed E-state index contributed by atoms with van der Waals surface area (Å²) in [5, 5.41) is 2.93. The topological polar surface area (TPSA) is 55.1 Å². The van der Waals surface area contributed by atoms with Crippen LogP contribution in [-0.4, -0.2) is 11.7 Å². The Balaban J connectivity index is 1.90. The van der Waals surface area contributed by atoms with Crippen molar-refractivity contribution in [2.45, 2.75) is 18.7 Å². The predicted octanol–water partition coefficient (Wildman–Crippen LogP) is 3.62. The summed E-state index contributed by atoms with van der Waals surface area (Å²) in [7, 11) is 0. The van der Waals surface area contributed by atoms with E-state index in [0.29, 0.717) is 5.75 Å². The molecule has 20 heavy (non-hydrogen) atoms. The van der Waals surface area contributed by atoms with Crippen molar-refractivity contribution in [2.24, 2.45) is 0 Å². The van der Waals surface area contributed by atoms with Gasteiger partial charge in [-0.05, 0) is 49.7 Å². The average Bonchev–Trinajstić information content (AvgIpc) is 2.41. The molecule has 2 aromatic rings. The molecule has 0 saturated heterocycles. The summed E-state index contributed by atoms with van der Waals surface area (Å²) in [6.07, 6.45) is 0. The van der Waals surface area contributed by atoms with Gasteiger partial charge in [-0.15, -0.1) is 11.8 Å². The summed E-state index contributed by atoms with van der Waals surface area (Å²) < 4.78 is 0. The summed E-state index contributed by atoms with van der Waals surface area (Å²) in [6.45, 7) is 4.03. The molecule has 3 N–H and O–H groups in total. The number of nitrogens with two attached hydrogens (primary N) is 1. The minimum Gasteiger partial charge on any atom is -0.399 e. The van der Waals surface area contributed by atoms with Crippen molar-refractivity contribution in [2.75, 3.05) is 16.8 Å². The van der Waals surface area contributed by atoms with Crippen LogP contribution in [0.25, 0.3) is 0 Å². The normalized spacial score (nSPS) is 10.3. The molecule has 4 heteroatoms. The third-order valence-corrected chi connectivity index (χ3v) is 3.92. The molecule has 0 atom stereocenters. The fraction of sp³-hybridized carbons (Fsp3) is 0.188. The van der Waals surface area contributed by atoms with Gasteiger partial charge >= 0.3 is 0 Å². The number of benzene rings is 2. The molecule has 3 nitrogen and oxygen atoms in total. The lowest BCUT2D eigenvalue weighted by Gasteiger charge is -2.09. The molecule has 2 rings (SSSR count). The van der Waals surface area contributed by atoms with E-state index in [1.807, 2.05) is 50.2 Å². The molecule has 0 aliphatic heterocycles. The Kier molecular flexibility index (Phi) is 4.69. The Hall–Kier alpha value is -1.94. The molecular weight excluding hydrogens is 268 g/mol. The van der Waals surface area contributed by atoms with E-state index in [0.717, 1.165) is 21.8 Å². The Labute approximate surface area is 123 Å². The Bertz CT molecular complexity index is 608. The van der Waals surface area contributed by atoms with Gasteiger partial charge in [0.15, 0.2) is 0 Å². The van der Waals surface area contributed by atoms with Crippen LogP contribution in [0.3, 0.4) is 0 Å². The van der Waals surface area contributed by atoms with Crippen LogP contribution in [0.2, 0.25) is 0 Å². The minimum atomic E-state index is -0.00113. The SMILES string of the molecule is Cc1ccc(NC(=O)CSc2ccc(N)cc2)c(C)c1. The molecule has 1 amide bonds. The summed E-state index contributed by atoms with van der Waals surface area (Å²) in [5.41, 5.74) is 9.50. The van der Waals surface area contributed by atoms with Crippen LogP contribution in [-0.2, 0) is 4.79 Å². The second-order valence-electron chi connectivity index (χ2n) is 4.72. The number of hydrogen-bond donors (Lipinski definition) is 2. The first-order valence-corrected chi connectivity index (χ1v) is 7.38. The highest BCUT2D eigenvalue weighted by Crippen LogP contribution is 2.20. The van der Waals surface area contributed by atoms with E-state index in [-0.39, 0.29) is 5.91 Å². The van der Waals surface area contributed by atoms with Crippen molar-refractivity contribution in [3.63, 3.8) is 0 Å². The quantitative estimate of drug-likeness (QED) is 0.667. The number of carbonyl (C=O) groups excluding carboxylic acids is 1. The van der Waals surface area contributed by atoms with Crippen molar-refractivity contribution in [1.82, 2.24) is 0 Å². The molecule has 0 aliphatic rings. The molecule has 0 unspecified atom stereocenters. The van der Waals surface area contributed by atoms with Gasteiger partial charge in [0.05, 0.1) is 5.75 Å². The molecule has 2 aromatic carbocycles. The predicted molar refractivity (Wildman–Crippen MR) is 86.1 cm³/mol. The molecule has 0 saturated carbocycles. The van der Waals surface area contributed by atoms with Gasteiger partial charge in [-0.1, -0.05) is 17.7 Å². The van der Waals surface area contributed by atoms with E-state index >= 15 is 0 Å². The van der Waals surface area contributed by atoms with Crippen LogP contribution in [0.4, 0.5) is 11.4 Å². The lowest BCUT2D eigenvalue weighted by Crippen LogP contribution is -2.14. The van der Waals surface area contributed by atoms with E-state index in [1.54, 1.807) is 0 Å². The molecule has 0 spiro atoms. The second kappa shape index (κ2) is 6.48. The van der Waals surface area contributed by atoms with Gasteiger partial charge in [0.2, 0.25) is 5.91 Å². The van der Waals surface area contributed by atoms with E-state index in [2.05, 4.69) is 11.4 Å². The standard InChI is InChI=1S/C16H18N2OS/c1-11-3-8-15(12(2)9-11)18-16(19)10-20-14-6-4-13(17)5-7-14/h3-9H,10,17H2,1-2H3,(H,18,19).